The number of oxazole rings is 1. The number of nitrogens with zero attached hydrogens (tertiary/aromatic N) is 1. The number of nitrogens with one attached hydrogen (secondary N) is 1. The molecule has 0 aliphatic heterocycles. The molecule has 0 spiro atoms. The van der Waals surface area contributed by atoms with Crippen LogP contribution in [0, 0.1) is 13.8 Å². The highest BCUT2D eigenvalue weighted by atomic mass is 16.4. The van der Waals surface area contributed by atoms with Crippen LogP contribution in [0.2, 0.25) is 0 Å². The van der Waals surface area contributed by atoms with Gasteiger partial charge in [-0.3, -0.25) is 0 Å². The minimum Gasteiger partial charge on any atom is -0.439 e. The van der Waals surface area contributed by atoms with Gasteiger partial charge in [-0.1, -0.05) is 17.7 Å². The van der Waals surface area contributed by atoms with Crippen molar-refractivity contribution in [2.75, 3.05) is 0 Å². The second-order valence-corrected chi connectivity index (χ2v) is 6.04. The summed E-state index contributed by atoms with van der Waals surface area (Å²) in [6.45, 7) is 11.2. The third-order valence-corrected chi connectivity index (χ3v) is 2.98. The molecule has 0 aliphatic carbocycles. The van der Waals surface area contributed by atoms with Gasteiger partial charge < -0.3 is 9.73 Å². The van der Waals surface area contributed by atoms with Crippen molar-refractivity contribution in [2.24, 2.45) is 0 Å². The summed E-state index contributed by atoms with van der Waals surface area (Å²) in [7, 11) is 0. The van der Waals surface area contributed by atoms with E-state index in [-0.39, 0.29) is 5.54 Å². The second-order valence-electron chi connectivity index (χ2n) is 6.04. The molecule has 0 bridgehead atoms. The van der Waals surface area contributed by atoms with E-state index < -0.39 is 0 Å². The lowest BCUT2D eigenvalue weighted by molar-refractivity contribution is 0.383. The molecule has 1 aromatic carbocycles. The second kappa shape index (κ2) is 5.17. The maximum atomic E-state index is 5.83. The molecule has 0 aliphatic rings. The van der Waals surface area contributed by atoms with E-state index in [4.69, 9.17) is 4.42 Å². The van der Waals surface area contributed by atoms with E-state index in [1.165, 1.54) is 11.1 Å². The fraction of sp³-hybridized carbons (Fsp3) is 0.438. The molecule has 0 unspecified atom stereocenters. The molecule has 0 amide bonds. The first-order valence-corrected chi connectivity index (χ1v) is 6.62. The van der Waals surface area contributed by atoms with E-state index >= 15 is 0 Å². The average molecular weight is 258 g/mol. The monoisotopic (exact) mass is 258 g/mol. The molecule has 1 heterocycles. The van der Waals surface area contributed by atoms with Crippen molar-refractivity contribution >= 4 is 0 Å². The summed E-state index contributed by atoms with van der Waals surface area (Å²) >= 11 is 0. The van der Waals surface area contributed by atoms with Crippen molar-refractivity contribution < 1.29 is 4.42 Å². The summed E-state index contributed by atoms with van der Waals surface area (Å²) in [6.07, 6.45) is 1.81. The third kappa shape index (κ3) is 3.67. The maximum absolute atomic E-state index is 5.83. The Balaban J connectivity index is 2.19. The van der Waals surface area contributed by atoms with Gasteiger partial charge in [-0.25, -0.2) is 4.98 Å². The normalized spacial score (nSPS) is 11.8. The topological polar surface area (TPSA) is 38.1 Å². The van der Waals surface area contributed by atoms with Gasteiger partial charge in [0.1, 0.15) is 0 Å². The summed E-state index contributed by atoms with van der Waals surface area (Å²) in [6, 6.07) is 6.36. The molecule has 0 saturated heterocycles. The molecule has 1 aromatic heterocycles. The van der Waals surface area contributed by atoms with E-state index in [1.807, 2.05) is 0 Å². The molecule has 0 atom stereocenters. The van der Waals surface area contributed by atoms with E-state index in [0.29, 0.717) is 6.54 Å². The van der Waals surface area contributed by atoms with Crippen LogP contribution in [0.1, 0.15) is 37.8 Å². The standard InChI is InChI=1S/C16H22N2O/c1-11-6-7-12(2)13(8-11)14-9-17-15(19-14)10-18-16(3,4)5/h6-9,18H,10H2,1-5H3. The van der Waals surface area contributed by atoms with Crippen molar-refractivity contribution in [1.82, 2.24) is 10.3 Å². The van der Waals surface area contributed by atoms with E-state index in [0.717, 1.165) is 17.2 Å². The van der Waals surface area contributed by atoms with Gasteiger partial charge in [-0.05, 0) is 46.2 Å². The zero-order chi connectivity index (χ0) is 14.0. The smallest absolute Gasteiger partial charge is 0.208 e. The summed E-state index contributed by atoms with van der Waals surface area (Å²) in [5.41, 5.74) is 3.62. The predicted octanol–water partition coefficient (Wildman–Crippen LogP) is 3.85. The Kier molecular flexibility index (Phi) is 3.76. The van der Waals surface area contributed by atoms with Crippen LogP contribution in [0.3, 0.4) is 0 Å². The van der Waals surface area contributed by atoms with Crippen molar-refractivity contribution in [3.63, 3.8) is 0 Å². The highest BCUT2D eigenvalue weighted by Crippen LogP contribution is 2.25. The van der Waals surface area contributed by atoms with Crippen molar-refractivity contribution in [3.05, 3.63) is 41.4 Å². The minimum absolute atomic E-state index is 0.0634. The van der Waals surface area contributed by atoms with Gasteiger partial charge in [0.2, 0.25) is 5.89 Å². The zero-order valence-corrected chi connectivity index (χ0v) is 12.4. The Hall–Kier alpha value is -1.61. The SMILES string of the molecule is Cc1ccc(C)c(-c2cnc(CNC(C)(C)C)o2)c1. The molecular formula is C16H22N2O. The maximum Gasteiger partial charge on any atom is 0.208 e. The van der Waals surface area contributed by atoms with Gasteiger partial charge in [0.25, 0.3) is 0 Å². The minimum atomic E-state index is 0.0634. The molecule has 0 radical (unpaired) electrons. The predicted molar refractivity (Wildman–Crippen MR) is 78.0 cm³/mol. The Bertz CT molecular complexity index is 564. The average Bonchev–Trinajstić information content (AvgIpc) is 2.77. The van der Waals surface area contributed by atoms with Crippen LogP contribution < -0.4 is 5.32 Å². The fourth-order valence-corrected chi connectivity index (χ4v) is 1.86. The van der Waals surface area contributed by atoms with Crippen LogP contribution in [-0.2, 0) is 6.54 Å². The van der Waals surface area contributed by atoms with Crippen molar-refractivity contribution in [2.45, 2.75) is 46.7 Å². The third-order valence-electron chi connectivity index (χ3n) is 2.98. The molecule has 102 valence electrons. The van der Waals surface area contributed by atoms with E-state index in [1.54, 1.807) is 6.20 Å². The van der Waals surface area contributed by atoms with Crippen molar-refractivity contribution in [1.29, 1.82) is 0 Å². The zero-order valence-electron chi connectivity index (χ0n) is 12.4. The number of hydrogen-bond acceptors (Lipinski definition) is 3. The van der Waals surface area contributed by atoms with Gasteiger partial charge in [-0.2, -0.15) is 0 Å². The lowest BCUT2D eigenvalue weighted by Gasteiger charge is -2.18. The van der Waals surface area contributed by atoms with Crippen LogP contribution >= 0.6 is 0 Å². The molecular weight excluding hydrogens is 236 g/mol. The molecule has 0 fully saturated rings. The van der Waals surface area contributed by atoms with Crippen LogP contribution in [0.4, 0.5) is 0 Å². The molecule has 2 aromatic rings. The first-order valence-electron chi connectivity index (χ1n) is 6.62. The number of aromatic nitrogens is 1. The summed E-state index contributed by atoms with van der Waals surface area (Å²) in [5.74, 6) is 1.57. The lowest BCUT2D eigenvalue weighted by atomic mass is 10.0. The van der Waals surface area contributed by atoms with Crippen LogP contribution in [0.25, 0.3) is 11.3 Å². The highest BCUT2D eigenvalue weighted by Gasteiger charge is 2.12. The molecule has 19 heavy (non-hydrogen) atoms. The largest absolute Gasteiger partial charge is 0.439 e. The Morgan fingerprint density at radius 3 is 2.63 bits per heavy atom. The van der Waals surface area contributed by atoms with E-state index in [9.17, 15) is 0 Å². The quantitative estimate of drug-likeness (QED) is 0.908. The van der Waals surface area contributed by atoms with Crippen LogP contribution in [0.15, 0.2) is 28.8 Å². The number of aryl methyl sites for hydroxylation is 2. The van der Waals surface area contributed by atoms with Gasteiger partial charge in [-0.15, -0.1) is 0 Å². The molecule has 3 nitrogen and oxygen atoms in total. The van der Waals surface area contributed by atoms with Gasteiger partial charge in [0, 0.05) is 11.1 Å². The van der Waals surface area contributed by atoms with Crippen LogP contribution in [0.5, 0.6) is 0 Å². The lowest BCUT2D eigenvalue weighted by Crippen LogP contribution is -2.35. The first-order chi connectivity index (χ1) is 8.85. The summed E-state index contributed by atoms with van der Waals surface area (Å²) in [5, 5.41) is 3.37. The van der Waals surface area contributed by atoms with Gasteiger partial charge in [0.15, 0.2) is 5.76 Å². The van der Waals surface area contributed by atoms with Gasteiger partial charge >= 0.3 is 0 Å². The van der Waals surface area contributed by atoms with Crippen molar-refractivity contribution in [3.8, 4) is 11.3 Å². The Labute approximate surface area is 115 Å². The summed E-state index contributed by atoms with van der Waals surface area (Å²) < 4.78 is 5.83. The summed E-state index contributed by atoms with van der Waals surface area (Å²) in [4.78, 5) is 4.34. The molecule has 2 rings (SSSR count). The fourth-order valence-electron chi connectivity index (χ4n) is 1.86. The molecule has 1 N–H and O–H groups in total. The Morgan fingerprint density at radius 1 is 1.21 bits per heavy atom. The van der Waals surface area contributed by atoms with E-state index in [2.05, 4.69) is 63.1 Å². The Morgan fingerprint density at radius 2 is 1.95 bits per heavy atom. The number of rotatable bonds is 3. The molecule has 3 heteroatoms. The highest BCUT2D eigenvalue weighted by molar-refractivity contribution is 5.62. The molecule has 0 saturated carbocycles. The van der Waals surface area contributed by atoms with Crippen LogP contribution in [-0.4, -0.2) is 10.5 Å². The number of benzene rings is 1. The van der Waals surface area contributed by atoms with Gasteiger partial charge in [0.05, 0.1) is 12.7 Å². The first kappa shape index (κ1) is 13.8. The number of hydrogen-bond donors (Lipinski definition) is 1.